The van der Waals surface area contributed by atoms with Crippen molar-refractivity contribution in [2.24, 2.45) is 0 Å². The lowest BCUT2D eigenvalue weighted by atomic mass is 10.1. The van der Waals surface area contributed by atoms with Crippen LogP contribution in [0.25, 0.3) is 16.7 Å². The molecule has 0 unspecified atom stereocenters. The lowest BCUT2D eigenvalue weighted by Gasteiger charge is -2.09. The summed E-state index contributed by atoms with van der Waals surface area (Å²) in [4.78, 5) is 17.3. The van der Waals surface area contributed by atoms with Crippen LogP contribution in [-0.2, 0) is 0 Å². The number of carbonyl (C=O) groups is 1. The zero-order valence-electron chi connectivity index (χ0n) is 14.7. The Hall–Kier alpha value is -3.40. The fraction of sp³-hybridized carbons (Fsp3) is 0.0909. The number of carbonyl (C=O) groups excluding carboxylic acids is 1. The van der Waals surface area contributed by atoms with E-state index in [0.717, 1.165) is 33.8 Å². The molecular formula is C22H19N3O. The van der Waals surface area contributed by atoms with Gasteiger partial charge in [0.1, 0.15) is 5.82 Å². The first-order valence-electron chi connectivity index (χ1n) is 8.55. The van der Waals surface area contributed by atoms with Gasteiger partial charge in [0.25, 0.3) is 5.91 Å². The van der Waals surface area contributed by atoms with Gasteiger partial charge in [-0.2, -0.15) is 0 Å². The molecule has 0 saturated carbocycles. The van der Waals surface area contributed by atoms with Gasteiger partial charge in [0, 0.05) is 16.9 Å². The normalized spacial score (nSPS) is 10.8. The Bertz CT molecular complexity index is 1100. The van der Waals surface area contributed by atoms with Crippen LogP contribution in [0.15, 0.2) is 72.8 Å². The highest BCUT2D eigenvalue weighted by Crippen LogP contribution is 2.23. The van der Waals surface area contributed by atoms with Gasteiger partial charge in [0.15, 0.2) is 0 Å². The maximum Gasteiger partial charge on any atom is 0.255 e. The molecule has 0 spiro atoms. The summed E-state index contributed by atoms with van der Waals surface area (Å²) in [6, 6.07) is 23.5. The third kappa shape index (κ3) is 2.86. The lowest BCUT2D eigenvalue weighted by Crippen LogP contribution is -2.12. The van der Waals surface area contributed by atoms with E-state index in [1.807, 2.05) is 86.6 Å². The molecule has 4 rings (SSSR count). The summed E-state index contributed by atoms with van der Waals surface area (Å²) in [5, 5.41) is 2.97. The number of para-hydroxylation sites is 2. The number of aryl methyl sites for hydroxylation is 2. The van der Waals surface area contributed by atoms with Crippen molar-refractivity contribution in [1.82, 2.24) is 9.55 Å². The molecule has 0 radical (unpaired) electrons. The molecule has 1 heterocycles. The van der Waals surface area contributed by atoms with E-state index in [9.17, 15) is 4.79 Å². The summed E-state index contributed by atoms with van der Waals surface area (Å²) in [5.74, 6) is 0.760. The van der Waals surface area contributed by atoms with Crippen LogP contribution in [0.2, 0.25) is 0 Å². The Morgan fingerprint density at radius 3 is 2.42 bits per heavy atom. The number of amides is 1. The number of hydrogen-bond acceptors (Lipinski definition) is 2. The highest BCUT2D eigenvalue weighted by Gasteiger charge is 2.13. The first kappa shape index (κ1) is 16.1. The van der Waals surface area contributed by atoms with Gasteiger partial charge in [-0.3, -0.25) is 9.36 Å². The van der Waals surface area contributed by atoms with Gasteiger partial charge in [-0.1, -0.05) is 36.4 Å². The van der Waals surface area contributed by atoms with Gasteiger partial charge in [0.05, 0.1) is 11.0 Å². The van der Waals surface area contributed by atoms with Gasteiger partial charge < -0.3 is 5.32 Å². The Morgan fingerprint density at radius 1 is 0.923 bits per heavy atom. The van der Waals surface area contributed by atoms with E-state index in [1.165, 1.54) is 0 Å². The van der Waals surface area contributed by atoms with Crippen LogP contribution in [0.3, 0.4) is 0 Å². The van der Waals surface area contributed by atoms with Crippen molar-refractivity contribution in [2.45, 2.75) is 13.8 Å². The number of fused-ring (bicyclic) bond motifs is 1. The molecule has 0 fully saturated rings. The smallest absolute Gasteiger partial charge is 0.255 e. The van der Waals surface area contributed by atoms with Gasteiger partial charge in [-0.25, -0.2) is 4.98 Å². The van der Waals surface area contributed by atoms with Gasteiger partial charge in [0.2, 0.25) is 0 Å². The van der Waals surface area contributed by atoms with Crippen molar-refractivity contribution in [3.63, 3.8) is 0 Å². The van der Waals surface area contributed by atoms with Crippen molar-refractivity contribution < 1.29 is 4.79 Å². The summed E-state index contributed by atoms with van der Waals surface area (Å²) in [5.41, 5.74) is 5.31. The van der Waals surface area contributed by atoms with Crippen LogP contribution in [-0.4, -0.2) is 15.5 Å². The molecule has 1 N–H and O–H groups in total. The topological polar surface area (TPSA) is 46.9 Å². The number of nitrogens with one attached hydrogen (secondary N) is 1. The van der Waals surface area contributed by atoms with Crippen molar-refractivity contribution in [1.29, 1.82) is 0 Å². The van der Waals surface area contributed by atoms with Crippen LogP contribution in [0, 0.1) is 13.8 Å². The van der Waals surface area contributed by atoms with E-state index >= 15 is 0 Å². The first-order chi connectivity index (χ1) is 12.6. The summed E-state index contributed by atoms with van der Waals surface area (Å²) in [6.07, 6.45) is 0. The number of benzene rings is 3. The Kier molecular flexibility index (Phi) is 4.01. The Morgan fingerprint density at radius 2 is 1.65 bits per heavy atom. The second-order valence-electron chi connectivity index (χ2n) is 6.30. The molecule has 128 valence electrons. The zero-order chi connectivity index (χ0) is 18.1. The molecule has 3 aromatic carbocycles. The average molecular weight is 341 g/mol. The maximum absolute atomic E-state index is 12.6. The van der Waals surface area contributed by atoms with Crippen LogP contribution in [0.4, 0.5) is 5.69 Å². The number of nitrogens with zero attached hydrogens (tertiary/aromatic N) is 2. The average Bonchev–Trinajstić information content (AvgIpc) is 2.99. The molecular weight excluding hydrogens is 322 g/mol. The molecule has 0 saturated heterocycles. The third-order valence-electron chi connectivity index (χ3n) is 4.49. The highest BCUT2D eigenvalue weighted by atomic mass is 16.1. The second-order valence-corrected chi connectivity index (χ2v) is 6.30. The van der Waals surface area contributed by atoms with Crippen LogP contribution in [0.5, 0.6) is 0 Å². The van der Waals surface area contributed by atoms with Gasteiger partial charge >= 0.3 is 0 Å². The predicted octanol–water partition coefficient (Wildman–Crippen LogP) is 4.89. The summed E-state index contributed by atoms with van der Waals surface area (Å²) >= 11 is 0. The minimum absolute atomic E-state index is 0.131. The summed E-state index contributed by atoms with van der Waals surface area (Å²) in [6.45, 7) is 3.95. The zero-order valence-corrected chi connectivity index (χ0v) is 14.7. The van der Waals surface area contributed by atoms with Crippen molar-refractivity contribution in [2.75, 3.05) is 5.32 Å². The number of anilines is 1. The van der Waals surface area contributed by atoms with Crippen LogP contribution < -0.4 is 5.32 Å². The molecule has 4 heteroatoms. The Labute approximate surface area is 152 Å². The van der Waals surface area contributed by atoms with E-state index in [1.54, 1.807) is 0 Å². The van der Waals surface area contributed by atoms with Crippen molar-refractivity contribution in [3.05, 3.63) is 89.7 Å². The van der Waals surface area contributed by atoms with E-state index in [2.05, 4.69) is 14.9 Å². The minimum atomic E-state index is -0.131. The minimum Gasteiger partial charge on any atom is -0.322 e. The largest absolute Gasteiger partial charge is 0.322 e. The summed E-state index contributed by atoms with van der Waals surface area (Å²) < 4.78 is 2.10. The fourth-order valence-electron chi connectivity index (χ4n) is 3.15. The highest BCUT2D eigenvalue weighted by molar-refractivity contribution is 6.06. The lowest BCUT2D eigenvalue weighted by molar-refractivity contribution is 0.102. The van der Waals surface area contributed by atoms with E-state index < -0.39 is 0 Å². The second kappa shape index (κ2) is 6.48. The first-order valence-corrected chi connectivity index (χ1v) is 8.55. The van der Waals surface area contributed by atoms with Crippen molar-refractivity contribution in [3.8, 4) is 5.69 Å². The molecule has 0 atom stereocenters. The monoisotopic (exact) mass is 341 g/mol. The van der Waals surface area contributed by atoms with E-state index in [4.69, 9.17) is 0 Å². The number of aromatic nitrogens is 2. The number of rotatable bonds is 3. The molecule has 1 aromatic heterocycles. The molecule has 0 aliphatic rings. The predicted molar refractivity (Wildman–Crippen MR) is 105 cm³/mol. The van der Waals surface area contributed by atoms with Gasteiger partial charge in [-0.15, -0.1) is 0 Å². The molecule has 26 heavy (non-hydrogen) atoms. The van der Waals surface area contributed by atoms with Crippen molar-refractivity contribution >= 4 is 22.6 Å². The molecule has 0 bridgehead atoms. The van der Waals surface area contributed by atoms with E-state index in [-0.39, 0.29) is 5.91 Å². The van der Waals surface area contributed by atoms with Crippen LogP contribution >= 0.6 is 0 Å². The SMILES string of the molecule is Cc1ccccc1NC(=O)c1ccc2c(c1)nc(C)n2-c1ccccc1. The number of hydrogen-bond donors (Lipinski definition) is 1. The standard InChI is InChI=1S/C22H19N3O/c1-15-8-6-7-11-19(15)24-22(26)17-12-13-21-20(14-17)23-16(2)25(21)18-9-4-3-5-10-18/h3-14H,1-2H3,(H,24,26). The maximum atomic E-state index is 12.6. The van der Waals surface area contributed by atoms with Gasteiger partial charge in [-0.05, 0) is 55.8 Å². The molecule has 0 aliphatic carbocycles. The van der Waals surface area contributed by atoms with E-state index in [0.29, 0.717) is 5.56 Å². The quantitative estimate of drug-likeness (QED) is 0.576. The number of imidazole rings is 1. The fourth-order valence-corrected chi connectivity index (χ4v) is 3.15. The third-order valence-corrected chi connectivity index (χ3v) is 4.49. The molecule has 4 nitrogen and oxygen atoms in total. The molecule has 1 amide bonds. The Balaban J connectivity index is 1.71. The summed E-state index contributed by atoms with van der Waals surface area (Å²) in [7, 11) is 0. The molecule has 0 aliphatic heterocycles. The van der Waals surface area contributed by atoms with Crippen LogP contribution in [0.1, 0.15) is 21.7 Å². The molecule has 4 aromatic rings.